The topological polar surface area (TPSA) is 77.4 Å². The lowest BCUT2D eigenvalue weighted by atomic mass is 10.1. The van der Waals surface area contributed by atoms with Crippen molar-refractivity contribution in [3.63, 3.8) is 0 Å². The van der Waals surface area contributed by atoms with E-state index in [-0.39, 0.29) is 5.91 Å². The molecule has 37 heavy (non-hydrogen) atoms. The highest BCUT2D eigenvalue weighted by atomic mass is 32.2. The highest BCUT2D eigenvalue weighted by Gasteiger charge is 2.32. The Bertz CT molecular complexity index is 1360. The third-order valence-corrected chi connectivity index (χ3v) is 6.69. The Labute approximate surface area is 220 Å². The number of hydrogen-bond acceptors (Lipinski definition) is 7. The summed E-state index contributed by atoms with van der Waals surface area (Å²) in [5, 5.41) is 0.578. The van der Waals surface area contributed by atoms with Crippen molar-refractivity contribution in [2.75, 3.05) is 20.8 Å². The number of amides is 1. The van der Waals surface area contributed by atoms with Crippen LogP contribution in [0.1, 0.15) is 34.0 Å². The molecule has 0 aromatic heterocycles. The number of nitrogens with zero attached hydrogens (tertiary/aromatic N) is 2. The van der Waals surface area contributed by atoms with Gasteiger partial charge in [-0.1, -0.05) is 35.9 Å². The van der Waals surface area contributed by atoms with Gasteiger partial charge in [0.15, 0.2) is 16.7 Å². The first-order chi connectivity index (χ1) is 17.9. The molecule has 4 rings (SSSR count). The third-order valence-electron chi connectivity index (χ3n) is 5.68. The van der Waals surface area contributed by atoms with Gasteiger partial charge in [0, 0.05) is 6.54 Å². The van der Waals surface area contributed by atoms with Crippen molar-refractivity contribution in [1.29, 1.82) is 0 Å². The van der Waals surface area contributed by atoms with Gasteiger partial charge < -0.3 is 14.2 Å². The smallest absolute Gasteiger partial charge is 0.337 e. The van der Waals surface area contributed by atoms with Crippen molar-refractivity contribution < 1.29 is 23.8 Å². The maximum atomic E-state index is 13.1. The van der Waals surface area contributed by atoms with Gasteiger partial charge in [0.2, 0.25) is 0 Å². The first-order valence-corrected chi connectivity index (χ1v) is 12.6. The highest BCUT2D eigenvalue weighted by molar-refractivity contribution is 8.18. The maximum absolute atomic E-state index is 13.1. The van der Waals surface area contributed by atoms with Gasteiger partial charge in [-0.15, -0.1) is 0 Å². The number of rotatable bonds is 8. The van der Waals surface area contributed by atoms with E-state index < -0.39 is 5.97 Å². The van der Waals surface area contributed by atoms with E-state index in [1.54, 1.807) is 36.3 Å². The molecule has 8 heteroatoms. The number of carbonyl (C=O) groups excluding carboxylic acids is 2. The first kappa shape index (κ1) is 26.0. The molecule has 1 saturated heterocycles. The predicted octanol–water partition coefficient (Wildman–Crippen LogP) is 5.99. The van der Waals surface area contributed by atoms with E-state index in [2.05, 4.69) is 11.1 Å². The minimum atomic E-state index is -0.410. The standard InChI is InChI=1S/C29H28N2O5S/c1-5-31-27(32)26(37-29(31)30-23-12-10-22(11-13-23)28(33)35-4)17-20-9-14-24(25(16-20)34-3)36-18-21-8-6-7-19(2)15-21/h6-17H,5,18H2,1-4H3/b26-17-,30-29?. The van der Waals surface area contributed by atoms with Gasteiger partial charge in [-0.05, 0) is 79.2 Å². The summed E-state index contributed by atoms with van der Waals surface area (Å²) in [7, 11) is 2.93. The lowest BCUT2D eigenvalue weighted by Crippen LogP contribution is -2.28. The number of methoxy groups -OCH3 is 2. The van der Waals surface area contributed by atoms with Crippen LogP contribution in [0.5, 0.6) is 11.5 Å². The molecule has 1 aliphatic heterocycles. The van der Waals surface area contributed by atoms with Crippen LogP contribution in [0.25, 0.3) is 6.08 Å². The van der Waals surface area contributed by atoms with E-state index in [1.165, 1.54) is 24.4 Å². The van der Waals surface area contributed by atoms with Crippen molar-refractivity contribution in [2.45, 2.75) is 20.5 Å². The fourth-order valence-corrected chi connectivity index (χ4v) is 4.84. The fourth-order valence-electron chi connectivity index (χ4n) is 3.78. The van der Waals surface area contributed by atoms with Crippen molar-refractivity contribution in [3.05, 3.63) is 93.9 Å². The van der Waals surface area contributed by atoms with Crippen LogP contribution in [0, 0.1) is 6.92 Å². The molecule has 0 spiro atoms. The van der Waals surface area contributed by atoms with Crippen molar-refractivity contribution in [2.24, 2.45) is 4.99 Å². The zero-order chi connectivity index (χ0) is 26.4. The Morgan fingerprint density at radius 3 is 2.49 bits per heavy atom. The Balaban J connectivity index is 1.53. The molecule has 7 nitrogen and oxygen atoms in total. The molecular formula is C29H28N2O5S. The molecule has 1 amide bonds. The lowest BCUT2D eigenvalue weighted by molar-refractivity contribution is -0.122. The number of benzene rings is 3. The lowest BCUT2D eigenvalue weighted by Gasteiger charge is -2.12. The van der Waals surface area contributed by atoms with Gasteiger partial charge in [-0.3, -0.25) is 9.69 Å². The molecule has 0 unspecified atom stereocenters. The molecular weight excluding hydrogens is 488 g/mol. The van der Waals surface area contributed by atoms with E-state index in [4.69, 9.17) is 14.2 Å². The average molecular weight is 517 g/mol. The summed E-state index contributed by atoms with van der Waals surface area (Å²) >= 11 is 1.31. The number of likely N-dealkylation sites (N-methyl/N-ethyl adjacent to an activating group) is 1. The fraction of sp³-hybridized carbons (Fsp3) is 0.207. The number of aliphatic imine (C=N–C) groups is 1. The summed E-state index contributed by atoms with van der Waals surface area (Å²) in [5.74, 6) is 0.692. The Morgan fingerprint density at radius 2 is 1.81 bits per heavy atom. The molecule has 3 aromatic rings. The van der Waals surface area contributed by atoms with Crippen LogP contribution in [0.15, 0.2) is 76.6 Å². The molecule has 1 fully saturated rings. The summed E-state index contributed by atoms with van der Waals surface area (Å²) in [6, 6.07) is 20.5. The second-order valence-corrected chi connectivity index (χ2v) is 9.29. The van der Waals surface area contributed by atoms with Crippen LogP contribution in [0.2, 0.25) is 0 Å². The highest BCUT2D eigenvalue weighted by Crippen LogP contribution is 2.36. The predicted molar refractivity (Wildman–Crippen MR) is 146 cm³/mol. The largest absolute Gasteiger partial charge is 0.493 e. The van der Waals surface area contributed by atoms with Crippen LogP contribution < -0.4 is 9.47 Å². The summed E-state index contributed by atoms with van der Waals surface area (Å²) in [6.45, 7) is 4.86. The van der Waals surface area contributed by atoms with Gasteiger partial charge in [-0.2, -0.15) is 0 Å². The van der Waals surface area contributed by atoms with E-state index in [0.717, 1.165) is 11.1 Å². The van der Waals surface area contributed by atoms with Crippen molar-refractivity contribution >= 4 is 40.6 Å². The van der Waals surface area contributed by atoms with E-state index in [0.29, 0.717) is 46.0 Å². The number of aryl methyl sites for hydroxylation is 1. The number of esters is 1. The quantitative estimate of drug-likeness (QED) is 0.270. The average Bonchev–Trinajstić information content (AvgIpc) is 3.20. The van der Waals surface area contributed by atoms with Crippen LogP contribution in [0.4, 0.5) is 5.69 Å². The van der Waals surface area contributed by atoms with Crippen molar-refractivity contribution in [3.8, 4) is 11.5 Å². The van der Waals surface area contributed by atoms with Crippen LogP contribution in [0.3, 0.4) is 0 Å². The minimum absolute atomic E-state index is 0.115. The normalized spacial score (nSPS) is 15.4. The summed E-state index contributed by atoms with van der Waals surface area (Å²) in [6.07, 6.45) is 1.82. The van der Waals surface area contributed by atoms with Gasteiger partial charge >= 0.3 is 5.97 Å². The Hall–Kier alpha value is -4.04. The summed E-state index contributed by atoms with van der Waals surface area (Å²) < 4.78 is 16.3. The Kier molecular flexibility index (Phi) is 8.30. The number of amidine groups is 1. The van der Waals surface area contributed by atoms with Gasteiger partial charge in [0.05, 0.1) is 30.4 Å². The van der Waals surface area contributed by atoms with Crippen LogP contribution >= 0.6 is 11.8 Å². The molecule has 0 atom stereocenters. The number of thioether (sulfide) groups is 1. The molecule has 0 radical (unpaired) electrons. The maximum Gasteiger partial charge on any atom is 0.337 e. The van der Waals surface area contributed by atoms with E-state index >= 15 is 0 Å². The first-order valence-electron chi connectivity index (χ1n) is 11.8. The zero-order valence-corrected chi connectivity index (χ0v) is 22.0. The molecule has 0 N–H and O–H groups in total. The molecule has 0 saturated carbocycles. The summed E-state index contributed by atoms with van der Waals surface area (Å²) in [4.78, 5) is 31.6. The third kappa shape index (κ3) is 6.21. The number of ether oxygens (including phenoxy) is 3. The Morgan fingerprint density at radius 1 is 1.03 bits per heavy atom. The minimum Gasteiger partial charge on any atom is -0.493 e. The van der Waals surface area contributed by atoms with E-state index in [1.807, 2.05) is 56.3 Å². The second kappa shape index (κ2) is 11.8. The molecule has 3 aromatic carbocycles. The molecule has 190 valence electrons. The van der Waals surface area contributed by atoms with Crippen molar-refractivity contribution in [1.82, 2.24) is 4.90 Å². The summed E-state index contributed by atoms with van der Waals surface area (Å²) in [5.41, 5.74) is 4.15. The van der Waals surface area contributed by atoms with E-state index in [9.17, 15) is 9.59 Å². The SMILES string of the molecule is CCN1C(=O)/C(=C/c2ccc(OCc3cccc(C)c3)c(OC)c2)SC1=Nc1ccc(C(=O)OC)cc1. The van der Waals surface area contributed by atoms with Gasteiger partial charge in [-0.25, -0.2) is 9.79 Å². The zero-order valence-electron chi connectivity index (χ0n) is 21.2. The molecule has 1 heterocycles. The van der Waals surface area contributed by atoms with Crippen LogP contribution in [-0.2, 0) is 16.1 Å². The van der Waals surface area contributed by atoms with Crippen LogP contribution in [-0.4, -0.2) is 42.7 Å². The van der Waals surface area contributed by atoms with Gasteiger partial charge in [0.25, 0.3) is 5.91 Å². The molecule has 0 aliphatic carbocycles. The number of carbonyl (C=O) groups is 2. The van der Waals surface area contributed by atoms with Gasteiger partial charge in [0.1, 0.15) is 6.61 Å². The second-order valence-electron chi connectivity index (χ2n) is 8.28. The molecule has 0 bridgehead atoms. The molecule has 1 aliphatic rings. The monoisotopic (exact) mass is 516 g/mol. The number of hydrogen-bond donors (Lipinski definition) is 0.